The lowest BCUT2D eigenvalue weighted by Gasteiger charge is -2.13. The van der Waals surface area contributed by atoms with Gasteiger partial charge in [-0.25, -0.2) is 8.42 Å². The average molecular weight is 395 g/mol. The molecule has 3 rings (SSSR count). The Morgan fingerprint density at radius 2 is 1.61 bits per heavy atom. The zero-order valence-corrected chi connectivity index (χ0v) is 16.0. The first-order valence-corrected chi connectivity index (χ1v) is 10.4. The Labute approximate surface area is 164 Å². The van der Waals surface area contributed by atoms with Crippen molar-refractivity contribution in [3.8, 4) is 0 Å². The van der Waals surface area contributed by atoms with Gasteiger partial charge in [0.25, 0.3) is 10.0 Å². The quantitative estimate of drug-likeness (QED) is 0.613. The summed E-state index contributed by atoms with van der Waals surface area (Å²) in [5.74, 6) is -0.119. The molecule has 0 unspecified atom stereocenters. The van der Waals surface area contributed by atoms with Crippen LogP contribution in [0, 0.1) is 0 Å². The Hall–Kier alpha value is -3.19. The van der Waals surface area contributed by atoms with Crippen molar-refractivity contribution < 1.29 is 13.2 Å². The Morgan fingerprint density at radius 1 is 0.893 bits per heavy atom. The number of aromatic nitrogens is 1. The smallest absolute Gasteiger partial charge is 0.261 e. The molecule has 0 saturated carbocycles. The third kappa shape index (κ3) is 5.40. The third-order valence-electron chi connectivity index (χ3n) is 4.13. The fourth-order valence-corrected chi connectivity index (χ4v) is 3.77. The summed E-state index contributed by atoms with van der Waals surface area (Å²) >= 11 is 0. The zero-order chi connectivity index (χ0) is 19.8. The monoisotopic (exact) mass is 395 g/mol. The van der Waals surface area contributed by atoms with Crippen LogP contribution in [0.5, 0.6) is 0 Å². The summed E-state index contributed by atoms with van der Waals surface area (Å²) < 4.78 is 27.7. The number of pyridine rings is 1. The molecule has 28 heavy (non-hydrogen) atoms. The van der Waals surface area contributed by atoms with E-state index in [0.29, 0.717) is 24.1 Å². The number of aryl methyl sites for hydroxylation is 1. The van der Waals surface area contributed by atoms with Gasteiger partial charge in [0.05, 0.1) is 10.6 Å². The molecular weight excluding hydrogens is 374 g/mol. The number of anilines is 1. The average Bonchev–Trinajstić information content (AvgIpc) is 2.73. The molecule has 0 aliphatic carbocycles. The maximum atomic E-state index is 12.5. The van der Waals surface area contributed by atoms with Gasteiger partial charge in [0.15, 0.2) is 0 Å². The lowest BCUT2D eigenvalue weighted by Crippen LogP contribution is -2.24. The van der Waals surface area contributed by atoms with Crippen molar-refractivity contribution >= 4 is 21.6 Å². The first kappa shape index (κ1) is 19.6. The lowest BCUT2D eigenvalue weighted by atomic mass is 10.1. The molecule has 0 aliphatic heterocycles. The molecule has 3 aromatic rings. The molecule has 0 atom stereocenters. The predicted molar refractivity (Wildman–Crippen MR) is 108 cm³/mol. The van der Waals surface area contributed by atoms with Gasteiger partial charge in [-0.1, -0.05) is 42.5 Å². The maximum absolute atomic E-state index is 12.5. The normalized spacial score (nSPS) is 11.0. The Morgan fingerprint density at radius 3 is 2.36 bits per heavy atom. The molecule has 7 heteroatoms. The molecule has 1 aromatic heterocycles. The second kappa shape index (κ2) is 9.14. The Kier molecular flexibility index (Phi) is 6.39. The van der Waals surface area contributed by atoms with Crippen LogP contribution in [0.15, 0.2) is 83.9 Å². The number of hydrogen-bond acceptors (Lipinski definition) is 4. The summed E-state index contributed by atoms with van der Waals surface area (Å²) in [4.78, 5) is 16.5. The van der Waals surface area contributed by atoms with E-state index in [4.69, 9.17) is 0 Å². The zero-order valence-electron chi connectivity index (χ0n) is 15.2. The van der Waals surface area contributed by atoms with Gasteiger partial charge < -0.3 is 5.32 Å². The van der Waals surface area contributed by atoms with Gasteiger partial charge in [-0.15, -0.1) is 0 Å². The van der Waals surface area contributed by atoms with E-state index in [1.54, 1.807) is 48.7 Å². The molecule has 1 heterocycles. The van der Waals surface area contributed by atoms with Crippen molar-refractivity contribution in [1.29, 1.82) is 0 Å². The molecular formula is C21H21N3O3S. The van der Waals surface area contributed by atoms with Crippen LogP contribution in [0.25, 0.3) is 0 Å². The van der Waals surface area contributed by atoms with Crippen molar-refractivity contribution in [1.82, 2.24) is 10.3 Å². The summed E-state index contributed by atoms with van der Waals surface area (Å²) in [7, 11) is -3.69. The standard InChI is InChI=1S/C21H21N3O3S/c25-21(14-13-18-9-6-7-15-22-18)23-16-17-8-4-5-12-20(17)24-28(26,27)19-10-2-1-3-11-19/h1-12,15,24H,13-14,16H2,(H,23,25). The highest BCUT2D eigenvalue weighted by molar-refractivity contribution is 7.92. The van der Waals surface area contributed by atoms with Crippen molar-refractivity contribution in [3.05, 3.63) is 90.3 Å². The molecule has 0 fully saturated rings. The topological polar surface area (TPSA) is 88.2 Å². The van der Waals surface area contributed by atoms with Crippen LogP contribution in [-0.4, -0.2) is 19.3 Å². The third-order valence-corrected chi connectivity index (χ3v) is 5.51. The second-order valence-corrected chi connectivity index (χ2v) is 7.86. The fourth-order valence-electron chi connectivity index (χ4n) is 2.65. The molecule has 0 bridgehead atoms. The van der Waals surface area contributed by atoms with E-state index in [0.717, 1.165) is 5.69 Å². The molecule has 6 nitrogen and oxygen atoms in total. The van der Waals surface area contributed by atoms with Crippen molar-refractivity contribution in [2.45, 2.75) is 24.3 Å². The molecule has 144 valence electrons. The van der Waals surface area contributed by atoms with Gasteiger partial charge >= 0.3 is 0 Å². The van der Waals surface area contributed by atoms with Gasteiger partial charge in [-0.05, 0) is 42.3 Å². The number of carbonyl (C=O) groups excluding carboxylic acids is 1. The number of sulfonamides is 1. The van der Waals surface area contributed by atoms with E-state index in [1.807, 2.05) is 18.2 Å². The first-order valence-electron chi connectivity index (χ1n) is 8.87. The highest BCUT2D eigenvalue weighted by Crippen LogP contribution is 2.20. The highest BCUT2D eigenvalue weighted by Gasteiger charge is 2.15. The number of para-hydroxylation sites is 1. The van der Waals surface area contributed by atoms with Crippen molar-refractivity contribution in [3.63, 3.8) is 0 Å². The maximum Gasteiger partial charge on any atom is 0.261 e. The van der Waals surface area contributed by atoms with Gasteiger partial charge in [0.2, 0.25) is 5.91 Å². The number of nitrogens with one attached hydrogen (secondary N) is 2. The van der Waals surface area contributed by atoms with Gasteiger partial charge in [0, 0.05) is 24.9 Å². The van der Waals surface area contributed by atoms with E-state index in [9.17, 15) is 13.2 Å². The summed E-state index contributed by atoms with van der Waals surface area (Å²) in [6.07, 6.45) is 2.56. The highest BCUT2D eigenvalue weighted by atomic mass is 32.2. The number of hydrogen-bond donors (Lipinski definition) is 2. The largest absolute Gasteiger partial charge is 0.352 e. The number of carbonyl (C=O) groups is 1. The first-order chi connectivity index (χ1) is 13.5. The minimum Gasteiger partial charge on any atom is -0.352 e. The molecule has 2 N–H and O–H groups in total. The molecule has 0 aliphatic rings. The van der Waals surface area contributed by atoms with Crippen LogP contribution in [-0.2, 0) is 27.8 Å². The van der Waals surface area contributed by atoms with E-state index in [2.05, 4.69) is 15.0 Å². The van der Waals surface area contributed by atoms with Gasteiger partial charge in [-0.2, -0.15) is 0 Å². The van der Waals surface area contributed by atoms with E-state index < -0.39 is 10.0 Å². The van der Waals surface area contributed by atoms with Gasteiger partial charge in [-0.3, -0.25) is 14.5 Å². The van der Waals surface area contributed by atoms with Crippen LogP contribution in [0.4, 0.5) is 5.69 Å². The summed E-state index contributed by atoms with van der Waals surface area (Å²) in [6.45, 7) is 0.231. The SMILES string of the molecule is O=C(CCc1ccccn1)NCc1ccccc1NS(=O)(=O)c1ccccc1. The lowest BCUT2D eigenvalue weighted by molar-refractivity contribution is -0.121. The summed E-state index contributed by atoms with van der Waals surface area (Å²) in [5, 5.41) is 2.83. The van der Waals surface area contributed by atoms with Crippen LogP contribution < -0.4 is 10.0 Å². The molecule has 0 saturated heterocycles. The fraction of sp³-hybridized carbons (Fsp3) is 0.143. The van der Waals surface area contributed by atoms with Gasteiger partial charge in [0.1, 0.15) is 0 Å². The second-order valence-electron chi connectivity index (χ2n) is 6.17. The summed E-state index contributed by atoms with van der Waals surface area (Å²) in [5.41, 5.74) is 1.98. The molecule has 0 spiro atoms. The number of rotatable bonds is 8. The summed E-state index contributed by atoms with van der Waals surface area (Å²) in [6, 6.07) is 20.8. The van der Waals surface area contributed by atoms with Crippen LogP contribution >= 0.6 is 0 Å². The predicted octanol–water partition coefficient (Wildman–Crippen LogP) is 3.13. The number of amides is 1. The van der Waals surface area contributed by atoms with Crippen LogP contribution in [0.2, 0.25) is 0 Å². The Bertz CT molecular complexity index is 1020. The minimum absolute atomic E-state index is 0.119. The minimum atomic E-state index is -3.69. The van der Waals surface area contributed by atoms with E-state index >= 15 is 0 Å². The van der Waals surface area contributed by atoms with Crippen LogP contribution in [0.3, 0.4) is 0 Å². The molecule has 2 aromatic carbocycles. The van der Waals surface area contributed by atoms with Crippen molar-refractivity contribution in [2.24, 2.45) is 0 Å². The van der Waals surface area contributed by atoms with E-state index in [1.165, 1.54) is 12.1 Å². The Balaban J connectivity index is 1.62. The van der Waals surface area contributed by atoms with Crippen LogP contribution in [0.1, 0.15) is 17.7 Å². The number of benzene rings is 2. The molecule has 0 radical (unpaired) electrons. The molecule has 1 amide bonds. The number of nitrogens with zero attached hydrogens (tertiary/aromatic N) is 1. The van der Waals surface area contributed by atoms with Crippen molar-refractivity contribution in [2.75, 3.05) is 4.72 Å². The van der Waals surface area contributed by atoms with E-state index in [-0.39, 0.29) is 17.3 Å².